The van der Waals surface area contributed by atoms with E-state index in [0.717, 1.165) is 11.3 Å². The lowest BCUT2D eigenvalue weighted by Gasteiger charge is -2.18. The number of hydrogen-bond acceptors (Lipinski definition) is 2. The third-order valence-electron chi connectivity index (χ3n) is 2.78. The molecule has 3 nitrogen and oxygen atoms in total. The third-order valence-corrected chi connectivity index (χ3v) is 3.71. The summed E-state index contributed by atoms with van der Waals surface area (Å²) in [6.45, 7) is 0. The van der Waals surface area contributed by atoms with Gasteiger partial charge >= 0.3 is 0 Å². The molecule has 0 bridgehead atoms. The van der Waals surface area contributed by atoms with E-state index >= 15 is 0 Å². The average Bonchev–Trinajstić information content (AvgIpc) is 2.66. The first-order valence-corrected chi connectivity index (χ1v) is 6.51. The Morgan fingerprint density at radius 1 is 1.50 bits per heavy atom. The van der Waals surface area contributed by atoms with Crippen LogP contribution < -0.4 is 5.32 Å². The summed E-state index contributed by atoms with van der Waals surface area (Å²) in [7, 11) is 3.61. The van der Waals surface area contributed by atoms with Crippen LogP contribution in [-0.2, 0) is 7.05 Å². The first kappa shape index (κ1) is 13.5. The number of aromatic nitrogens is 2. The minimum atomic E-state index is -0.300. The number of rotatable bonds is 3. The minimum absolute atomic E-state index is 0.201. The van der Waals surface area contributed by atoms with Gasteiger partial charge in [0.2, 0.25) is 0 Å². The van der Waals surface area contributed by atoms with Crippen LogP contribution in [0.15, 0.2) is 28.9 Å². The predicted octanol–water partition coefficient (Wildman–Crippen LogP) is 3.28. The van der Waals surface area contributed by atoms with Crippen LogP contribution in [0.2, 0.25) is 5.02 Å². The summed E-state index contributed by atoms with van der Waals surface area (Å²) in [5.41, 5.74) is 1.60. The number of nitrogens with one attached hydrogen (secondary N) is 1. The second-order valence-corrected chi connectivity index (χ2v) is 5.16. The Labute approximate surface area is 118 Å². The zero-order chi connectivity index (χ0) is 13.3. The first-order chi connectivity index (χ1) is 8.54. The SMILES string of the molecule is CNC(c1ccc(Br)c(F)c1)c1c(Cl)cnn1C. The molecule has 2 aromatic rings. The maximum Gasteiger partial charge on any atom is 0.137 e. The van der Waals surface area contributed by atoms with Crippen LogP contribution in [0.25, 0.3) is 0 Å². The van der Waals surface area contributed by atoms with Crippen molar-refractivity contribution in [3.05, 3.63) is 51.0 Å². The summed E-state index contributed by atoms with van der Waals surface area (Å²) in [6, 6.07) is 4.80. The average molecular weight is 333 g/mol. The third kappa shape index (κ3) is 2.43. The van der Waals surface area contributed by atoms with Crippen molar-refractivity contribution in [2.24, 2.45) is 7.05 Å². The number of hydrogen-bond donors (Lipinski definition) is 1. The van der Waals surface area contributed by atoms with Crippen molar-refractivity contribution in [2.45, 2.75) is 6.04 Å². The molecule has 1 aromatic heterocycles. The Balaban J connectivity index is 2.48. The van der Waals surface area contributed by atoms with Crippen LogP contribution in [0, 0.1) is 5.82 Å². The standard InChI is InChI=1S/C12H12BrClFN3/c1-16-11(12-9(14)6-17-18(12)2)7-3-4-8(13)10(15)5-7/h3-6,11,16H,1-2H3. The van der Waals surface area contributed by atoms with Crippen molar-refractivity contribution in [3.8, 4) is 0 Å². The van der Waals surface area contributed by atoms with Gasteiger partial charge in [-0.25, -0.2) is 4.39 Å². The smallest absolute Gasteiger partial charge is 0.137 e. The Kier molecular flexibility index (Phi) is 4.04. The van der Waals surface area contributed by atoms with E-state index in [1.807, 2.05) is 6.07 Å². The summed E-state index contributed by atoms with van der Waals surface area (Å²) in [5, 5.41) is 7.77. The summed E-state index contributed by atoms with van der Waals surface area (Å²) >= 11 is 9.25. The van der Waals surface area contributed by atoms with Gasteiger partial charge in [-0.2, -0.15) is 5.10 Å². The van der Waals surface area contributed by atoms with E-state index in [1.54, 1.807) is 31.0 Å². The van der Waals surface area contributed by atoms with Gasteiger partial charge in [0, 0.05) is 7.05 Å². The molecular weight excluding hydrogens is 321 g/mol. The number of halogens is 3. The maximum atomic E-state index is 13.6. The Morgan fingerprint density at radius 2 is 2.22 bits per heavy atom. The highest BCUT2D eigenvalue weighted by molar-refractivity contribution is 9.10. The van der Waals surface area contributed by atoms with Gasteiger partial charge in [-0.15, -0.1) is 0 Å². The molecule has 0 aliphatic rings. The predicted molar refractivity (Wildman–Crippen MR) is 73.2 cm³/mol. The van der Waals surface area contributed by atoms with Crippen LogP contribution >= 0.6 is 27.5 Å². The van der Waals surface area contributed by atoms with Crippen LogP contribution in [0.1, 0.15) is 17.3 Å². The number of aryl methyl sites for hydroxylation is 1. The lowest BCUT2D eigenvalue weighted by Crippen LogP contribution is -2.21. The van der Waals surface area contributed by atoms with Crippen LogP contribution in [0.5, 0.6) is 0 Å². The van der Waals surface area contributed by atoms with E-state index < -0.39 is 0 Å². The molecule has 1 aromatic carbocycles. The zero-order valence-corrected chi connectivity index (χ0v) is 12.3. The van der Waals surface area contributed by atoms with Crippen molar-refractivity contribution in [2.75, 3.05) is 7.05 Å². The monoisotopic (exact) mass is 331 g/mol. The van der Waals surface area contributed by atoms with Gasteiger partial charge in [-0.3, -0.25) is 4.68 Å². The van der Waals surface area contributed by atoms with Gasteiger partial charge in [0.15, 0.2) is 0 Å². The molecule has 1 N–H and O–H groups in total. The molecule has 1 unspecified atom stereocenters. The fourth-order valence-electron chi connectivity index (χ4n) is 1.90. The molecule has 0 fully saturated rings. The van der Waals surface area contributed by atoms with Crippen molar-refractivity contribution < 1.29 is 4.39 Å². The van der Waals surface area contributed by atoms with E-state index in [2.05, 4.69) is 26.3 Å². The topological polar surface area (TPSA) is 29.9 Å². The normalized spacial score (nSPS) is 12.7. The van der Waals surface area contributed by atoms with E-state index in [4.69, 9.17) is 11.6 Å². The van der Waals surface area contributed by atoms with E-state index in [9.17, 15) is 4.39 Å². The van der Waals surface area contributed by atoms with E-state index in [1.165, 1.54) is 6.07 Å². The van der Waals surface area contributed by atoms with Crippen LogP contribution in [-0.4, -0.2) is 16.8 Å². The molecule has 0 aliphatic carbocycles. The number of benzene rings is 1. The summed E-state index contributed by atoms with van der Waals surface area (Å²) in [4.78, 5) is 0. The Hall–Kier alpha value is -0.910. The molecule has 2 rings (SSSR count). The fourth-order valence-corrected chi connectivity index (χ4v) is 2.42. The van der Waals surface area contributed by atoms with Crippen molar-refractivity contribution in [1.29, 1.82) is 0 Å². The molecule has 0 spiro atoms. The van der Waals surface area contributed by atoms with Gasteiger partial charge in [0.25, 0.3) is 0 Å². The van der Waals surface area contributed by atoms with Crippen LogP contribution in [0.3, 0.4) is 0 Å². The minimum Gasteiger partial charge on any atom is -0.308 e. The first-order valence-electron chi connectivity index (χ1n) is 5.34. The van der Waals surface area contributed by atoms with E-state index in [-0.39, 0.29) is 11.9 Å². The molecule has 6 heteroatoms. The van der Waals surface area contributed by atoms with Crippen LogP contribution in [0.4, 0.5) is 4.39 Å². The highest BCUT2D eigenvalue weighted by atomic mass is 79.9. The molecule has 1 atom stereocenters. The van der Waals surface area contributed by atoms with Gasteiger partial charge in [0.1, 0.15) is 5.82 Å². The molecule has 0 saturated carbocycles. The van der Waals surface area contributed by atoms with Gasteiger partial charge in [0.05, 0.1) is 27.4 Å². The molecule has 96 valence electrons. The molecule has 0 amide bonds. The second kappa shape index (κ2) is 5.38. The van der Waals surface area contributed by atoms with Gasteiger partial charge in [-0.05, 0) is 40.7 Å². The molecule has 1 heterocycles. The lowest BCUT2D eigenvalue weighted by molar-refractivity contribution is 0.589. The van der Waals surface area contributed by atoms with Crippen molar-refractivity contribution >= 4 is 27.5 Å². The highest BCUT2D eigenvalue weighted by Gasteiger charge is 2.20. The molecule has 0 saturated heterocycles. The molecular formula is C12H12BrClFN3. The largest absolute Gasteiger partial charge is 0.308 e. The quantitative estimate of drug-likeness (QED) is 0.935. The summed E-state index contributed by atoms with van der Waals surface area (Å²) < 4.78 is 15.7. The summed E-state index contributed by atoms with van der Waals surface area (Å²) in [5.74, 6) is -0.300. The molecule has 18 heavy (non-hydrogen) atoms. The Bertz CT molecular complexity index is 551. The van der Waals surface area contributed by atoms with Crippen molar-refractivity contribution in [1.82, 2.24) is 15.1 Å². The number of nitrogens with zero attached hydrogens (tertiary/aromatic N) is 2. The summed E-state index contributed by atoms with van der Waals surface area (Å²) in [6.07, 6.45) is 1.58. The van der Waals surface area contributed by atoms with Gasteiger partial charge in [-0.1, -0.05) is 17.7 Å². The highest BCUT2D eigenvalue weighted by Crippen LogP contribution is 2.29. The molecule has 0 radical (unpaired) electrons. The fraction of sp³-hybridized carbons (Fsp3) is 0.250. The van der Waals surface area contributed by atoms with Crippen molar-refractivity contribution in [3.63, 3.8) is 0 Å². The maximum absolute atomic E-state index is 13.6. The van der Waals surface area contributed by atoms with Gasteiger partial charge < -0.3 is 5.32 Å². The lowest BCUT2D eigenvalue weighted by atomic mass is 10.0. The Morgan fingerprint density at radius 3 is 2.72 bits per heavy atom. The molecule has 0 aliphatic heterocycles. The second-order valence-electron chi connectivity index (χ2n) is 3.90. The zero-order valence-electron chi connectivity index (χ0n) is 9.92. The van der Waals surface area contributed by atoms with E-state index in [0.29, 0.717) is 9.50 Å².